The van der Waals surface area contributed by atoms with Crippen LogP contribution in [0.25, 0.3) is 0 Å². The van der Waals surface area contributed by atoms with E-state index >= 15 is 0 Å². The summed E-state index contributed by atoms with van der Waals surface area (Å²) >= 11 is 0. The molecule has 1 atom stereocenters. The third kappa shape index (κ3) is 8.92. The van der Waals surface area contributed by atoms with Crippen molar-refractivity contribution in [2.75, 3.05) is 81.4 Å². The van der Waals surface area contributed by atoms with Crippen molar-refractivity contribution in [2.45, 2.75) is 24.9 Å². The number of hydrogen-bond acceptors (Lipinski definition) is 9. The molecule has 3 aromatic carbocycles. The van der Waals surface area contributed by atoms with Crippen LogP contribution in [0.4, 0.5) is 0 Å². The molecule has 1 aliphatic heterocycles. The fraction of sp³-hybridized carbons (Fsp3) is 0.471. The van der Waals surface area contributed by atoms with E-state index in [1.165, 1.54) is 11.1 Å². The third-order valence-electron chi connectivity index (χ3n) is 8.02. The van der Waals surface area contributed by atoms with Gasteiger partial charge in [0.05, 0.1) is 35.5 Å². The molecule has 0 spiro atoms. The number of β-amino-alcohol motifs (C(OH)–C–C–N with tert-alkyl or cyclic N) is 1. The molecule has 43 heavy (non-hydrogen) atoms. The van der Waals surface area contributed by atoms with Crippen LogP contribution in [0.15, 0.2) is 60.7 Å². The van der Waals surface area contributed by atoms with Crippen molar-refractivity contribution in [3.05, 3.63) is 71.8 Å². The molecule has 9 nitrogen and oxygen atoms in total. The monoisotopic (exact) mass is 594 g/mol. The molecule has 0 bridgehead atoms. The molecule has 0 amide bonds. The van der Waals surface area contributed by atoms with Gasteiger partial charge in [-0.2, -0.15) is 0 Å². The van der Waals surface area contributed by atoms with Gasteiger partial charge in [-0.1, -0.05) is 24.3 Å². The van der Waals surface area contributed by atoms with Crippen LogP contribution in [-0.4, -0.2) is 102 Å². The van der Waals surface area contributed by atoms with E-state index in [0.717, 1.165) is 57.1 Å². The lowest BCUT2D eigenvalue weighted by atomic mass is 9.87. The molecule has 1 fully saturated rings. The Labute approximate surface area is 255 Å². The summed E-state index contributed by atoms with van der Waals surface area (Å²) < 4.78 is 32.8. The molecule has 234 valence electrons. The molecule has 1 N–H and O–H groups in total. The average Bonchev–Trinajstić information content (AvgIpc) is 3.06. The maximum atomic E-state index is 10.7. The van der Waals surface area contributed by atoms with Gasteiger partial charge >= 0.3 is 0 Å². The van der Waals surface area contributed by atoms with Gasteiger partial charge in [0, 0.05) is 50.8 Å². The maximum Gasteiger partial charge on any atom is 0.203 e. The summed E-state index contributed by atoms with van der Waals surface area (Å²) in [5.74, 6) is 4.14. The minimum atomic E-state index is -0.611. The van der Waals surface area contributed by atoms with E-state index in [2.05, 4.69) is 34.1 Å². The van der Waals surface area contributed by atoms with Crippen LogP contribution in [-0.2, 0) is 0 Å². The first-order chi connectivity index (χ1) is 21.0. The molecule has 9 heteroatoms. The van der Waals surface area contributed by atoms with Gasteiger partial charge in [-0.05, 0) is 54.8 Å². The zero-order valence-corrected chi connectivity index (χ0v) is 26.1. The molecule has 3 aromatic rings. The second-order valence-corrected chi connectivity index (χ2v) is 10.7. The molecular weight excluding hydrogens is 548 g/mol. The van der Waals surface area contributed by atoms with Crippen LogP contribution in [0.5, 0.6) is 34.5 Å². The summed E-state index contributed by atoms with van der Waals surface area (Å²) in [7, 11) is 8.09. The van der Waals surface area contributed by atoms with Gasteiger partial charge in [0.25, 0.3) is 0 Å². The van der Waals surface area contributed by atoms with E-state index in [1.54, 1.807) is 47.7 Å². The SMILES string of the molecule is COc1ccc(C(CCCN2CCN(CC(O)COc3cc(OC)c(OC)c(OC)c3)CC2)c2ccc(OC)cc2)cc1. The van der Waals surface area contributed by atoms with Crippen LogP contribution in [0.2, 0.25) is 0 Å². The Hall–Kier alpha value is -3.66. The number of methoxy groups -OCH3 is 5. The van der Waals surface area contributed by atoms with E-state index < -0.39 is 6.10 Å². The van der Waals surface area contributed by atoms with Crippen LogP contribution in [0.1, 0.15) is 29.9 Å². The molecule has 1 heterocycles. The number of ether oxygens (including phenoxy) is 6. The Kier molecular flexibility index (Phi) is 12.2. The number of hydrogen-bond donors (Lipinski definition) is 1. The van der Waals surface area contributed by atoms with Crippen molar-refractivity contribution >= 4 is 0 Å². The zero-order valence-electron chi connectivity index (χ0n) is 26.1. The van der Waals surface area contributed by atoms with Gasteiger partial charge in [-0.25, -0.2) is 0 Å². The summed E-state index contributed by atoms with van der Waals surface area (Å²) in [6, 6.07) is 20.3. The standard InChI is InChI=1S/C34H46N2O7/c1-38-28-12-8-25(9-13-28)31(26-10-14-29(39-2)15-11-26)7-6-16-35-17-19-36(20-18-35)23-27(37)24-43-30-21-32(40-3)34(42-5)33(22-30)41-4/h8-15,21-22,27,31,37H,6-7,16-20,23-24H2,1-5H3. The van der Waals surface area contributed by atoms with Crippen molar-refractivity contribution in [1.29, 1.82) is 0 Å². The smallest absolute Gasteiger partial charge is 0.203 e. The summed E-state index contributed by atoms with van der Waals surface area (Å²) in [5.41, 5.74) is 2.58. The lowest BCUT2D eigenvalue weighted by Crippen LogP contribution is -2.49. The fourth-order valence-corrected chi connectivity index (χ4v) is 5.60. The van der Waals surface area contributed by atoms with Gasteiger partial charge in [-0.3, -0.25) is 4.90 Å². The summed E-state index contributed by atoms with van der Waals surface area (Å²) in [4.78, 5) is 4.83. The summed E-state index contributed by atoms with van der Waals surface area (Å²) in [6.07, 6.45) is 1.53. The van der Waals surface area contributed by atoms with Crippen molar-refractivity contribution in [2.24, 2.45) is 0 Å². The Morgan fingerprint density at radius 3 is 1.63 bits per heavy atom. The normalized spacial score (nSPS) is 14.8. The fourth-order valence-electron chi connectivity index (χ4n) is 5.60. The van der Waals surface area contributed by atoms with Gasteiger partial charge in [0.2, 0.25) is 5.75 Å². The first-order valence-electron chi connectivity index (χ1n) is 14.8. The van der Waals surface area contributed by atoms with Crippen LogP contribution in [0.3, 0.4) is 0 Å². The van der Waals surface area contributed by atoms with Gasteiger partial charge in [0.15, 0.2) is 11.5 Å². The van der Waals surface area contributed by atoms with Gasteiger partial charge < -0.3 is 38.4 Å². The molecule has 1 unspecified atom stereocenters. The number of rotatable bonds is 16. The van der Waals surface area contributed by atoms with Gasteiger partial charge in [-0.15, -0.1) is 0 Å². The van der Waals surface area contributed by atoms with Crippen molar-refractivity contribution in [3.8, 4) is 34.5 Å². The molecule has 0 aromatic heterocycles. The Morgan fingerprint density at radius 1 is 0.651 bits per heavy atom. The number of piperazine rings is 1. The Bertz CT molecular complexity index is 1170. The van der Waals surface area contributed by atoms with Crippen molar-refractivity contribution in [3.63, 3.8) is 0 Å². The van der Waals surface area contributed by atoms with Gasteiger partial charge in [0.1, 0.15) is 30.0 Å². The van der Waals surface area contributed by atoms with E-state index in [-0.39, 0.29) is 6.61 Å². The van der Waals surface area contributed by atoms with Crippen LogP contribution < -0.4 is 28.4 Å². The number of aliphatic hydroxyl groups is 1. The number of nitrogens with zero attached hydrogens (tertiary/aromatic N) is 2. The molecule has 0 saturated carbocycles. The Morgan fingerprint density at radius 2 is 1.16 bits per heavy atom. The van der Waals surface area contributed by atoms with Crippen LogP contribution >= 0.6 is 0 Å². The molecule has 1 aliphatic rings. The zero-order chi connectivity index (χ0) is 30.6. The molecule has 0 radical (unpaired) electrons. The van der Waals surface area contributed by atoms with Crippen molar-refractivity contribution < 1.29 is 33.5 Å². The molecule has 1 saturated heterocycles. The highest BCUT2D eigenvalue weighted by Crippen LogP contribution is 2.40. The molecular formula is C34H46N2O7. The average molecular weight is 595 g/mol. The summed E-state index contributed by atoms with van der Waals surface area (Å²) in [5, 5.41) is 10.7. The lowest BCUT2D eigenvalue weighted by Gasteiger charge is -2.35. The maximum absolute atomic E-state index is 10.7. The first kappa shape index (κ1) is 32.3. The highest BCUT2D eigenvalue weighted by molar-refractivity contribution is 5.55. The second kappa shape index (κ2) is 16.3. The Balaban J connectivity index is 1.23. The predicted molar refractivity (Wildman–Crippen MR) is 168 cm³/mol. The second-order valence-electron chi connectivity index (χ2n) is 10.7. The van der Waals surface area contributed by atoms with Crippen LogP contribution in [0, 0.1) is 0 Å². The summed E-state index contributed by atoms with van der Waals surface area (Å²) in [6.45, 7) is 5.59. The minimum absolute atomic E-state index is 0.178. The minimum Gasteiger partial charge on any atom is -0.497 e. The highest BCUT2D eigenvalue weighted by Gasteiger charge is 2.21. The predicted octanol–water partition coefficient (Wildman–Crippen LogP) is 4.70. The van der Waals surface area contributed by atoms with Crippen molar-refractivity contribution in [1.82, 2.24) is 9.80 Å². The highest BCUT2D eigenvalue weighted by atomic mass is 16.5. The molecule has 4 rings (SSSR count). The first-order valence-corrected chi connectivity index (χ1v) is 14.8. The van der Waals surface area contributed by atoms with E-state index in [9.17, 15) is 5.11 Å². The number of benzene rings is 3. The largest absolute Gasteiger partial charge is 0.497 e. The quantitative estimate of drug-likeness (QED) is 0.254. The third-order valence-corrected chi connectivity index (χ3v) is 8.02. The number of aliphatic hydroxyl groups excluding tert-OH is 1. The molecule has 0 aliphatic carbocycles. The lowest BCUT2D eigenvalue weighted by molar-refractivity contribution is 0.0456. The van der Waals surface area contributed by atoms with E-state index in [4.69, 9.17) is 28.4 Å². The van der Waals surface area contributed by atoms with E-state index in [1.807, 2.05) is 24.3 Å². The topological polar surface area (TPSA) is 82.1 Å². The van der Waals surface area contributed by atoms with E-state index in [0.29, 0.717) is 35.5 Å².